The van der Waals surface area contributed by atoms with E-state index in [1.807, 2.05) is 0 Å². The Bertz CT molecular complexity index is 344. The quantitative estimate of drug-likeness (QED) is 0.577. The molecule has 0 aliphatic heterocycles. The van der Waals surface area contributed by atoms with Crippen LogP contribution in [0.25, 0.3) is 0 Å². The predicted octanol–water partition coefficient (Wildman–Crippen LogP) is -0.139. The first-order valence-corrected chi connectivity index (χ1v) is 5.43. The Hall–Kier alpha value is -1.43. The number of carbonyl (C=O) groups excluding carboxylic acids is 1. The Morgan fingerprint density at radius 1 is 1.06 bits per heavy atom. The highest BCUT2D eigenvalue weighted by Gasteiger charge is 2.11. The van der Waals surface area contributed by atoms with Crippen molar-refractivity contribution in [2.24, 2.45) is 0 Å². The Balaban J connectivity index is 2.60. The predicted molar refractivity (Wildman–Crippen MR) is 63.0 cm³/mol. The zero-order valence-electron chi connectivity index (χ0n) is 9.54. The zero-order valence-corrected chi connectivity index (χ0v) is 9.54. The van der Waals surface area contributed by atoms with Gasteiger partial charge in [-0.1, -0.05) is 0 Å². The molecule has 3 N–H and O–H groups in total. The number of nitrogens with zero attached hydrogens (tertiary/aromatic N) is 1. The summed E-state index contributed by atoms with van der Waals surface area (Å²) in [5.41, 5.74) is 0.503. The summed E-state index contributed by atoms with van der Waals surface area (Å²) in [6.07, 6.45) is 0. The highest BCUT2D eigenvalue weighted by molar-refractivity contribution is 5.97. The first-order valence-electron chi connectivity index (χ1n) is 5.43. The fraction of sp³-hybridized carbons (Fsp3) is 0.417. The summed E-state index contributed by atoms with van der Waals surface area (Å²) in [5.74, 6) is 0.0102. The molecule has 5 nitrogen and oxygen atoms in total. The van der Waals surface area contributed by atoms with Crippen LogP contribution in [0, 0.1) is 0 Å². The van der Waals surface area contributed by atoms with Gasteiger partial charge in [0.2, 0.25) is 0 Å². The fourth-order valence-electron chi connectivity index (χ4n) is 1.49. The Labute approximate surface area is 99.9 Å². The van der Waals surface area contributed by atoms with Gasteiger partial charge in [0, 0.05) is 18.7 Å². The van der Waals surface area contributed by atoms with Crippen molar-refractivity contribution >= 4 is 5.78 Å². The van der Waals surface area contributed by atoms with E-state index in [1.165, 1.54) is 12.1 Å². The maximum Gasteiger partial charge on any atom is 0.176 e. The number of hydrogen-bond acceptors (Lipinski definition) is 5. The second kappa shape index (κ2) is 7.01. The molecule has 17 heavy (non-hydrogen) atoms. The van der Waals surface area contributed by atoms with Crippen molar-refractivity contribution < 1.29 is 20.1 Å². The lowest BCUT2D eigenvalue weighted by Gasteiger charge is -2.18. The number of benzene rings is 1. The lowest BCUT2D eigenvalue weighted by atomic mass is 10.1. The third-order valence-corrected chi connectivity index (χ3v) is 2.39. The van der Waals surface area contributed by atoms with Gasteiger partial charge >= 0.3 is 0 Å². The van der Waals surface area contributed by atoms with Crippen molar-refractivity contribution in [1.29, 1.82) is 0 Å². The summed E-state index contributed by atoms with van der Waals surface area (Å²) in [6.45, 7) is 0.742. The molecule has 1 aromatic carbocycles. The summed E-state index contributed by atoms with van der Waals surface area (Å²) < 4.78 is 0. The number of rotatable bonds is 7. The molecular formula is C12H17NO4. The largest absolute Gasteiger partial charge is 0.508 e. The van der Waals surface area contributed by atoms with Gasteiger partial charge in [0.1, 0.15) is 5.75 Å². The van der Waals surface area contributed by atoms with Gasteiger partial charge < -0.3 is 15.3 Å². The van der Waals surface area contributed by atoms with Crippen molar-refractivity contribution in [3.05, 3.63) is 29.8 Å². The van der Waals surface area contributed by atoms with Crippen molar-refractivity contribution in [2.45, 2.75) is 0 Å². The molecule has 0 aliphatic carbocycles. The molecule has 0 spiro atoms. The van der Waals surface area contributed by atoms with E-state index in [1.54, 1.807) is 17.0 Å². The molecule has 0 radical (unpaired) electrons. The van der Waals surface area contributed by atoms with Crippen LogP contribution < -0.4 is 0 Å². The molecule has 94 valence electrons. The van der Waals surface area contributed by atoms with E-state index in [0.717, 1.165) is 0 Å². The van der Waals surface area contributed by atoms with Crippen LogP contribution in [0.5, 0.6) is 5.75 Å². The normalized spacial score (nSPS) is 10.8. The summed E-state index contributed by atoms with van der Waals surface area (Å²) in [4.78, 5) is 13.5. The number of phenolic OH excluding ortho intramolecular Hbond substituents is 1. The van der Waals surface area contributed by atoms with Crippen molar-refractivity contribution in [3.63, 3.8) is 0 Å². The summed E-state index contributed by atoms with van der Waals surface area (Å²) in [6, 6.07) is 6.01. The van der Waals surface area contributed by atoms with E-state index in [-0.39, 0.29) is 31.3 Å². The topological polar surface area (TPSA) is 81.0 Å². The van der Waals surface area contributed by atoms with E-state index in [2.05, 4.69) is 0 Å². The third kappa shape index (κ3) is 4.52. The van der Waals surface area contributed by atoms with E-state index in [4.69, 9.17) is 15.3 Å². The van der Waals surface area contributed by atoms with E-state index < -0.39 is 0 Å². The second-order valence-electron chi connectivity index (χ2n) is 3.69. The summed E-state index contributed by atoms with van der Waals surface area (Å²) in [7, 11) is 0. The smallest absolute Gasteiger partial charge is 0.176 e. The average molecular weight is 239 g/mol. The molecule has 0 bridgehead atoms. The van der Waals surface area contributed by atoms with Crippen LogP contribution >= 0.6 is 0 Å². The lowest BCUT2D eigenvalue weighted by molar-refractivity contribution is 0.0894. The van der Waals surface area contributed by atoms with Crippen LogP contribution in [0.3, 0.4) is 0 Å². The Morgan fingerprint density at radius 2 is 1.59 bits per heavy atom. The van der Waals surface area contributed by atoms with Crippen LogP contribution in [0.15, 0.2) is 24.3 Å². The van der Waals surface area contributed by atoms with Gasteiger partial charge in [-0.25, -0.2) is 0 Å². The monoisotopic (exact) mass is 239 g/mol. The van der Waals surface area contributed by atoms with Crippen molar-refractivity contribution in [2.75, 3.05) is 32.8 Å². The number of phenols is 1. The molecule has 0 heterocycles. The number of aliphatic hydroxyl groups excluding tert-OH is 2. The third-order valence-electron chi connectivity index (χ3n) is 2.39. The average Bonchev–Trinajstić information content (AvgIpc) is 2.30. The minimum atomic E-state index is -0.105. The first kappa shape index (κ1) is 13.6. The standard InChI is InChI=1S/C12H17NO4/c14-7-5-13(6-8-15)9-12(17)10-1-3-11(16)4-2-10/h1-4,14-16H,5-9H2. The summed E-state index contributed by atoms with van der Waals surface area (Å²) >= 11 is 0. The van der Waals surface area contributed by atoms with Crippen LogP contribution in [-0.4, -0.2) is 58.9 Å². The van der Waals surface area contributed by atoms with Gasteiger partial charge in [-0.2, -0.15) is 0 Å². The molecule has 0 unspecified atom stereocenters. The van der Waals surface area contributed by atoms with Gasteiger partial charge in [0.15, 0.2) is 5.78 Å². The van der Waals surface area contributed by atoms with E-state index >= 15 is 0 Å². The number of aliphatic hydroxyl groups is 2. The Kier molecular flexibility index (Phi) is 5.62. The molecule has 0 fully saturated rings. The number of Topliss-reactive ketones (excluding diaryl/α,β-unsaturated/α-hetero) is 1. The molecule has 0 atom stereocenters. The SMILES string of the molecule is O=C(CN(CCO)CCO)c1ccc(O)cc1. The maximum absolute atomic E-state index is 11.8. The summed E-state index contributed by atoms with van der Waals surface area (Å²) in [5, 5.41) is 26.7. The molecule has 0 aromatic heterocycles. The second-order valence-corrected chi connectivity index (χ2v) is 3.69. The van der Waals surface area contributed by atoms with Gasteiger partial charge in [-0.05, 0) is 24.3 Å². The minimum Gasteiger partial charge on any atom is -0.508 e. The van der Waals surface area contributed by atoms with Crippen molar-refractivity contribution in [3.8, 4) is 5.75 Å². The van der Waals surface area contributed by atoms with Crippen LogP contribution in [0.2, 0.25) is 0 Å². The molecular weight excluding hydrogens is 222 g/mol. The van der Waals surface area contributed by atoms with Crippen molar-refractivity contribution in [1.82, 2.24) is 4.90 Å². The van der Waals surface area contributed by atoms with Crippen LogP contribution in [0.1, 0.15) is 10.4 Å². The number of carbonyl (C=O) groups is 1. The minimum absolute atomic E-state index is 0.0527. The van der Waals surface area contributed by atoms with E-state index in [0.29, 0.717) is 18.7 Å². The van der Waals surface area contributed by atoms with Crippen LogP contribution in [0.4, 0.5) is 0 Å². The first-order chi connectivity index (χ1) is 8.17. The molecule has 0 saturated heterocycles. The molecule has 0 aliphatic rings. The Morgan fingerprint density at radius 3 is 2.06 bits per heavy atom. The van der Waals surface area contributed by atoms with Gasteiger partial charge in [0.25, 0.3) is 0 Å². The molecule has 1 aromatic rings. The number of aromatic hydroxyl groups is 1. The fourth-order valence-corrected chi connectivity index (χ4v) is 1.49. The maximum atomic E-state index is 11.8. The van der Waals surface area contributed by atoms with Gasteiger partial charge in [-0.15, -0.1) is 0 Å². The van der Waals surface area contributed by atoms with E-state index in [9.17, 15) is 4.79 Å². The molecule has 1 rings (SSSR count). The molecule has 0 amide bonds. The molecule has 0 saturated carbocycles. The van der Waals surface area contributed by atoms with Gasteiger partial charge in [-0.3, -0.25) is 9.69 Å². The highest BCUT2D eigenvalue weighted by Crippen LogP contribution is 2.10. The lowest BCUT2D eigenvalue weighted by Crippen LogP contribution is -2.34. The zero-order chi connectivity index (χ0) is 12.7. The van der Waals surface area contributed by atoms with Crippen LogP contribution in [-0.2, 0) is 0 Å². The number of hydrogen-bond donors (Lipinski definition) is 3. The highest BCUT2D eigenvalue weighted by atomic mass is 16.3. The number of ketones is 1. The van der Waals surface area contributed by atoms with Gasteiger partial charge in [0.05, 0.1) is 19.8 Å². The molecule has 5 heteroatoms.